The second kappa shape index (κ2) is 4.89. The SMILES string of the molecule is O=C1CC(c2cncnc2)=Nc2ccc(Br)cc2N1. The largest absolute Gasteiger partial charge is 0.324 e. The Hall–Kier alpha value is -2.08. The van der Waals surface area contributed by atoms with Crippen LogP contribution in [0.4, 0.5) is 11.4 Å². The Morgan fingerprint density at radius 2 is 2.00 bits per heavy atom. The van der Waals surface area contributed by atoms with Gasteiger partial charge in [0, 0.05) is 22.4 Å². The van der Waals surface area contributed by atoms with E-state index in [0.717, 1.165) is 15.7 Å². The van der Waals surface area contributed by atoms with Crippen LogP contribution in [0.15, 0.2) is 46.4 Å². The van der Waals surface area contributed by atoms with Crippen LogP contribution in [0, 0.1) is 0 Å². The first kappa shape index (κ1) is 12.0. The molecule has 5 nitrogen and oxygen atoms in total. The van der Waals surface area contributed by atoms with Crippen molar-refractivity contribution in [1.29, 1.82) is 0 Å². The number of carbonyl (C=O) groups excluding carboxylic acids is 1. The summed E-state index contributed by atoms with van der Waals surface area (Å²) in [5.41, 5.74) is 2.85. The van der Waals surface area contributed by atoms with E-state index >= 15 is 0 Å². The predicted molar refractivity (Wildman–Crippen MR) is 75.6 cm³/mol. The molecule has 19 heavy (non-hydrogen) atoms. The number of carbonyl (C=O) groups is 1. The molecule has 0 unspecified atom stereocenters. The maximum Gasteiger partial charge on any atom is 0.230 e. The minimum absolute atomic E-state index is 0.0977. The number of aliphatic imine (C=N–C) groups is 1. The monoisotopic (exact) mass is 316 g/mol. The summed E-state index contributed by atoms with van der Waals surface area (Å²) < 4.78 is 0.897. The number of benzene rings is 1. The van der Waals surface area contributed by atoms with Crippen molar-refractivity contribution in [1.82, 2.24) is 9.97 Å². The number of hydrogen-bond acceptors (Lipinski definition) is 4. The summed E-state index contributed by atoms with van der Waals surface area (Å²) in [6, 6.07) is 5.58. The fraction of sp³-hybridized carbons (Fsp3) is 0.0769. The van der Waals surface area contributed by atoms with Gasteiger partial charge in [0.2, 0.25) is 5.91 Å². The molecule has 0 spiro atoms. The molecule has 1 aromatic heterocycles. The lowest BCUT2D eigenvalue weighted by Crippen LogP contribution is -2.15. The second-order valence-electron chi connectivity index (χ2n) is 4.07. The Morgan fingerprint density at radius 1 is 1.21 bits per heavy atom. The van der Waals surface area contributed by atoms with E-state index in [0.29, 0.717) is 11.4 Å². The molecule has 1 aromatic carbocycles. The third-order valence-electron chi connectivity index (χ3n) is 2.71. The van der Waals surface area contributed by atoms with Gasteiger partial charge in [-0.1, -0.05) is 15.9 Å². The Balaban J connectivity index is 2.11. The molecule has 1 aliphatic rings. The molecular formula is C13H9BrN4O. The van der Waals surface area contributed by atoms with Crippen LogP contribution in [-0.4, -0.2) is 21.6 Å². The number of nitrogens with one attached hydrogen (secondary N) is 1. The average molecular weight is 317 g/mol. The topological polar surface area (TPSA) is 67.2 Å². The Labute approximate surface area is 117 Å². The summed E-state index contributed by atoms with van der Waals surface area (Å²) in [6.45, 7) is 0. The highest BCUT2D eigenvalue weighted by Gasteiger charge is 2.17. The molecule has 3 rings (SSSR count). The summed E-state index contributed by atoms with van der Waals surface area (Å²) in [4.78, 5) is 24.3. The maximum absolute atomic E-state index is 11.9. The van der Waals surface area contributed by atoms with Crippen molar-refractivity contribution in [3.8, 4) is 0 Å². The molecule has 0 atom stereocenters. The van der Waals surface area contributed by atoms with Gasteiger partial charge in [-0.15, -0.1) is 0 Å². The van der Waals surface area contributed by atoms with Crippen LogP contribution in [0.2, 0.25) is 0 Å². The third-order valence-corrected chi connectivity index (χ3v) is 3.20. The molecule has 0 fully saturated rings. The molecule has 1 aliphatic heterocycles. The van der Waals surface area contributed by atoms with Gasteiger partial charge in [-0.05, 0) is 18.2 Å². The van der Waals surface area contributed by atoms with Crippen molar-refractivity contribution in [2.24, 2.45) is 4.99 Å². The van der Waals surface area contributed by atoms with Gasteiger partial charge in [0.15, 0.2) is 0 Å². The number of halogens is 1. The quantitative estimate of drug-likeness (QED) is 0.879. The van der Waals surface area contributed by atoms with Crippen LogP contribution in [0.3, 0.4) is 0 Å². The van der Waals surface area contributed by atoms with E-state index in [-0.39, 0.29) is 12.3 Å². The summed E-state index contributed by atoms with van der Waals surface area (Å²) in [5, 5.41) is 2.84. The van der Waals surface area contributed by atoms with Crippen LogP contribution in [0.25, 0.3) is 0 Å². The van der Waals surface area contributed by atoms with Gasteiger partial charge in [-0.3, -0.25) is 4.79 Å². The smallest absolute Gasteiger partial charge is 0.230 e. The number of fused-ring (bicyclic) bond motifs is 1. The molecule has 0 aliphatic carbocycles. The molecule has 0 saturated carbocycles. The standard InChI is InChI=1S/C13H9BrN4O/c14-9-1-2-10-12(3-9)18-13(19)4-11(17-10)8-5-15-7-16-6-8/h1-3,5-7H,4H2,(H,18,19). The lowest BCUT2D eigenvalue weighted by atomic mass is 10.1. The molecule has 0 radical (unpaired) electrons. The van der Waals surface area contributed by atoms with Crippen molar-refractivity contribution in [2.75, 3.05) is 5.32 Å². The summed E-state index contributed by atoms with van der Waals surface area (Å²) in [6.07, 6.45) is 4.97. The van der Waals surface area contributed by atoms with Crippen LogP contribution in [0.1, 0.15) is 12.0 Å². The van der Waals surface area contributed by atoms with Crippen molar-refractivity contribution < 1.29 is 4.79 Å². The van der Waals surface area contributed by atoms with E-state index in [1.165, 1.54) is 6.33 Å². The van der Waals surface area contributed by atoms with Crippen LogP contribution in [-0.2, 0) is 4.79 Å². The number of amides is 1. The van der Waals surface area contributed by atoms with Gasteiger partial charge < -0.3 is 5.32 Å². The van der Waals surface area contributed by atoms with E-state index in [2.05, 4.69) is 36.2 Å². The van der Waals surface area contributed by atoms with Gasteiger partial charge in [0.1, 0.15) is 6.33 Å². The van der Waals surface area contributed by atoms with E-state index < -0.39 is 0 Å². The van der Waals surface area contributed by atoms with Gasteiger partial charge in [-0.2, -0.15) is 0 Å². The second-order valence-corrected chi connectivity index (χ2v) is 4.99. The highest BCUT2D eigenvalue weighted by atomic mass is 79.9. The fourth-order valence-electron chi connectivity index (χ4n) is 1.85. The molecule has 2 heterocycles. The minimum Gasteiger partial charge on any atom is -0.324 e. The van der Waals surface area contributed by atoms with Gasteiger partial charge in [0.05, 0.1) is 23.5 Å². The Morgan fingerprint density at radius 3 is 2.79 bits per heavy atom. The molecule has 0 saturated heterocycles. The average Bonchev–Trinajstić information content (AvgIpc) is 2.57. The van der Waals surface area contributed by atoms with Crippen molar-refractivity contribution in [3.63, 3.8) is 0 Å². The first-order valence-corrected chi connectivity index (χ1v) is 6.44. The zero-order valence-electron chi connectivity index (χ0n) is 9.80. The number of aromatic nitrogens is 2. The molecule has 0 bridgehead atoms. The molecule has 6 heteroatoms. The van der Waals surface area contributed by atoms with Crippen molar-refractivity contribution >= 4 is 38.9 Å². The normalized spacial score (nSPS) is 14.2. The van der Waals surface area contributed by atoms with E-state index in [1.807, 2.05) is 18.2 Å². The first-order valence-electron chi connectivity index (χ1n) is 5.65. The number of anilines is 1. The molecule has 1 amide bonds. The summed E-state index contributed by atoms with van der Waals surface area (Å²) in [7, 11) is 0. The van der Waals surface area contributed by atoms with Crippen molar-refractivity contribution in [3.05, 3.63) is 47.0 Å². The minimum atomic E-state index is -0.0977. The van der Waals surface area contributed by atoms with Gasteiger partial charge >= 0.3 is 0 Å². The molecule has 94 valence electrons. The maximum atomic E-state index is 11.9. The van der Waals surface area contributed by atoms with Crippen molar-refractivity contribution in [2.45, 2.75) is 6.42 Å². The van der Waals surface area contributed by atoms with Crippen LogP contribution < -0.4 is 5.32 Å². The Kier molecular flexibility index (Phi) is 3.08. The summed E-state index contributed by atoms with van der Waals surface area (Å²) in [5.74, 6) is -0.0977. The van der Waals surface area contributed by atoms with E-state index in [1.54, 1.807) is 12.4 Å². The first-order chi connectivity index (χ1) is 9.22. The lowest BCUT2D eigenvalue weighted by molar-refractivity contribution is -0.115. The van der Waals surface area contributed by atoms with E-state index in [4.69, 9.17) is 0 Å². The zero-order chi connectivity index (χ0) is 13.2. The fourth-order valence-corrected chi connectivity index (χ4v) is 2.21. The molecule has 1 N–H and O–H groups in total. The van der Waals surface area contributed by atoms with Gasteiger partial charge in [-0.25, -0.2) is 15.0 Å². The predicted octanol–water partition coefficient (Wildman–Crippen LogP) is 2.70. The molecule has 2 aromatic rings. The number of hydrogen-bond donors (Lipinski definition) is 1. The van der Waals surface area contributed by atoms with Crippen LogP contribution >= 0.6 is 15.9 Å². The number of rotatable bonds is 1. The van der Waals surface area contributed by atoms with E-state index in [9.17, 15) is 4.79 Å². The lowest BCUT2D eigenvalue weighted by Gasteiger charge is -2.04. The van der Waals surface area contributed by atoms with Crippen LogP contribution in [0.5, 0.6) is 0 Å². The highest BCUT2D eigenvalue weighted by Crippen LogP contribution is 2.31. The Bertz CT molecular complexity index is 670. The highest BCUT2D eigenvalue weighted by molar-refractivity contribution is 9.10. The summed E-state index contributed by atoms with van der Waals surface area (Å²) >= 11 is 3.38. The molecular weight excluding hydrogens is 308 g/mol. The number of nitrogens with zero attached hydrogens (tertiary/aromatic N) is 3. The van der Waals surface area contributed by atoms with Gasteiger partial charge in [0.25, 0.3) is 0 Å². The zero-order valence-corrected chi connectivity index (χ0v) is 11.4. The third kappa shape index (κ3) is 2.53.